The Balaban J connectivity index is 1.79. The molecule has 2 aliphatic rings. The molecule has 1 heteroatoms. The summed E-state index contributed by atoms with van der Waals surface area (Å²) in [6.45, 7) is 2.24. The van der Waals surface area contributed by atoms with E-state index < -0.39 is 0 Å². The van der Waals surface area contributed by atoms with Crippen molar-refractivity contribution >= 4 is 0 Å². The van der Waals surface area contributed by atoms with E-state index in [2.05, 4.69) is 43.6 Å². The van der Waals surface area contributed by atoms with Crippen LogP contribution in [0.1, 0.15) is 49.8 Å². The summed E-state index contributed by atoms with van der Waals surface area (Å²) < 4.78 is 0. The second kappa shape index (κ2) is 5.05. The van der Waals surface area contributed by atoms with Crippen LogP contribution in [0.15, 0.2) is 24.3 Å². The van der Waals surface area contributed by atoms with Crippen LogP contribution in [0.25, 0.3) is 0 Å². The fourth-order valence-electron chi connectivity index (χ4n) is 4.13. The zero-order chi connectivity index (χ0) is 12.5. The van der Waals surface area contributed by atoms with Crippen LogP contribution in [0, 0.1) is 17.8 Å². The van der Waals surface area contributed by atoms with E-state index in [0.717, 1.165) is 24.2 Å². The Morgan fingerprint density at radius 1 is 1.22 bits per heavy atom. The molecule has 0 saturated heterocycles. The van der Waals surface area contributed by atoms with Crippen LogP contribution in [0.2, 0.25) is 0 Å². The van der Waals surface area contributed by atoms with Gasteiger partial charge in [0.15, 0.2) is 0 Å². The average Bonchev–Trinajstić information content (AvgIpc) is 3.15. The van der Waals surface area contributed by atoms with E-state index in [1.54, 1.807) is 0 Å². The Kier molecular flexibility index (Phi) is 3.43. The van der Waals surface area contributed by atoms with Crippen LogP contribution < -0.4 is 5.32 Å². The summed E-state index contributed by atoms with van der Waals surface area (Å²) in [6.07, 6.45) is 7.01. The van der Waals surface area contributed by atoms with Crippen LogP contribution in [0.3, 0.4) is 0 Å². The molecule has 1 aromatic carbocycles. The summed E-state index contributed by atoms with van der Waals surface area (Å²) >= 11 is 0. The third kappa shape index (κ3) is 2.09. The Labute approximate surface area is 111 Å². The molecule has 0 bridgehead atoms. The van der Waals surface area contributed by atoms with Gasteiger partial charge in [-0.1, -0.05) is 44.0 Å². The number of hydrogen-bond acceptors (Lipinski definition) is 1. The van der Waals surface area contributed by atoms with Crippen LogP contribution in [-0.4, -0.2) is 7.05 Å². The monoisotopic (exact) mass is 243 g/mol. The van der Waals surface area contributed by atoms with E-state index in [0.29, 0.717) is 6.04 Å². The first-order chi connectivity index (χ1) is 8.85. The molecule has 98 valence electrons. The Bertz CT molecular complexity index is 400. The number of aryl methyl sites for hydroxylation is 1. The van der Waals surface area contributed by atoms with Crippen molar-refractivity contribution in [1.29, 1.82) is 0 Å². The molecule has 18 heavy (non-hydrogen) atoms. The van der Waals surface area contributed by atoms with E-state index >= 15 is 0 Å². The molecule has 3 unspecified atom stereocenters. The van der Waals surface area contributed by atoms with Crippen molar-refractivity contribution in [2.45, 2.75) is 45.1 Å². The van der Waals surface area contributed by atoms with E-state index in [4.69, 9.17) is 0 Å². The summed E-state index contributed by atoms with van der Waals surface area (Å²) in [5.41, 5.74) is 2.98. The van der Waals surface area contributed by atoms with Crippen LogP contribution in [0.5, 0.6) is 0 Å². The minimum absolute atomic E-state index is 0.588. The lowest BCUT2D eigenvalue weighted by atomic mass is 9.97. The highest BCUT2D eigenvalue weighted by atomic mass is 14.9. The van der Waals surface area contributed by atoms with Gasteiger partial charge in [-0.25, -0.2) is 0 Å². The summed E-state index contributed by atoms with van der Waals surface area (Å²) in [5, 5.41) is 3.59. The van der Waals surface area contributed by atoms with Crippen molar-refractivity contribution in [2.24, 2.45) is 17.8 Å². The van der Waals surface area contributed by atoms with Crippen molar-refractivity contribution in [1.82, 2.24) is 5.32 Å². The maximum absolute atomic E-state index is 3.59. The SMILES string of the molecule is CCc1cccc(C(NC)C2C3CCCCC32)c1. The van der Waals surface area contributed by atoms with Crippen molar-refractivity contribution in [3.8, 4) is 0 Å². The smallest absolute Gasteiger partial charge is 0.0351 e. The Hall–Kier alpha value is -0.820. The minimum atomic E-state index is 0.588. The lowest BCUT2D eigenvalue weighted by Crippen LogP contribution is -2.20. The molecule has 1 aromatic rings. The molecule has 3 atom stereocenters. The maximum Gasteiger partial charge on any atom is 0.0351 e. The zero-order valence-electron chi connectivity index (χ0n) is 11.7. The average molecular weight is 243 g/mol. The van der Waals surface area contributed by atoms with E-state index in [1.165, 1.54) is 36.8 Å². The Morgan fingerprint density at radius 3 is 2.56 bits per heavy atom. The van der Waals surface area contributed by atoms with Gasteiger partial charge < -0.3 is 5.32 Å². The number of benzene rings is 1. The van der Waals surface area contributed by atoms with E-state index in [9.17, 15) is 0 Å². The first-order valence-electron chi connectivity index (χ1n) is 7.61. The fourth-order valence-corrected chi connectivity index (χ4v) is 4.13. The predicted molar refractivity (Wildman–Crippen MR) is 76.6 cm³/mol. The predicted octanol–water partition coefficient (Wildman–Crippen LogP) is 3.95. The molecule has 3 rings (SSSR count). The van der Waals surface area contributed by atoms with Crippen molar-refractivity contribution in [2.75, 3.05) is 7.05 Å². The summed E-state index contributed by atoms with van der Waals surface area (Å²) in [5.74, 6) is 2.94. The van der Waals surface area contributed by atoms with Crippen molar-refractivity contribution < 1.29 is 0 Å². The molecule has 0 aromatic heterocycles. The van der Waals surface area contributed by atoms with Gasteiger partial charge in [-0.3, -0.25) is 0 Å². The molecular formula is C17H25N. The van der Waals surface area contributed by atoms with Gasteiger partial charge in [0.25, 0.3) is 0 Å². The van der Waals surface area contributed by atoms with E-state index in [-0.39, 0.29) is 0 Å². The first kappa shape index (κ1) is 12.2. The molecule has 0 heterocycles. The van der Waals surface area contributed by atoms with Crippen molar-refractivity contribution in [3.05, 3.63) is 35.4 Å². The molecule has 0 aliphatic heterocycles. The topological polar surface area (TPSA) is 12.0 Å². The van der Waals surface area contributed by atoms with Crippen molar-refractivity contribution in [3.63, 3.8) is 0 Å². The lowest BCUT2D eigenvalue weighted by molar-refractivity contribution is 0.480. The van der Waals surface area contributed by atoms with E-state index in [1.807, 2.05) is 0 Å². The number of fused-ring (bicyclic) bond motifs is 1. The number of rotatable bonds is 4. The van der Waals surface area contributed by atoms with Crippen LogP contribution >= 0.6 is 0 Å². The molecule has 0 spiro atoms. The van der Waals surface area contributed by atoms with Gasteiger partial charge in [0.1, 0.15) is 0 Å². The largest absolute Gasteiger partial charge is 0.313 e. The van der Waals surface area contributed by atoms with Crippen LogP contribution in [-0.2, 0) is 6.42 Å². The molecule has 0 radical (unpaired) electrons. The summed E-state index contributed by atoms with van der Waals surface area (Å²) in [7, 11) is 2.13. The number of nitrogens with one attached hydrogen (secondary N) is 1. The van der Waals surface area contributed by atoms with Crippen LogP contribution in [0.4, 0.5) is 0 Å². The molecule has 2 aliphatic carbocycles. The quantitative estimate of drug-likeness (QED) is 0.844. The van der Waals surface area contributed by atoms with Gasteiger partial charge >= 0.3 is 0 Å². The summed E-state index contributed by atoms with van der Waals surface area (Å²) in [6, 6.07) is 9.78. The molecule has 2 saturated carbocycles. The van der Waals surface area contributed by atoms with Gasteiger partial charge in [-0.05, 0) is 55.2 Å². The molecule has 1 nitrogen and oxygen atoms in total. The molecular weight excluding hydrogens is 218 g/mol. The standard InChI is InChI=1S/C17H25N/c1-3-12-7-6-8-13(11-12)17(18-2)16-14-9-4-5-10-15(14)16/h6-8,11,14-18H,3-5,9-10H2,1-2H3. The summed E-state index contributed by atoms with van der Waals surface area (Å²) in [4.78, 5) is 0. The fraction of sp³-hybridized carbons (Fsp3) is 0.647. The normalized spacial score (nSPS) is 31.8. The minimum Gasteiger partial charge on any atom is -0.313 e. The highest BCUT2D eigenvalue weighted by Gasteiger charge is 2.53. The van der Waals surface area contributed by atoms with Gasteiger partial charge in [-0.15, -0.1) is 0 Å². The second-order valence-corrected chi connectivity index (χ2v) is 6.05. The third-order valence-electron chi connectivity index (χ3n) is 5.14. The zero-order valence-corrected chi connectivity index (χ0v) is 11.7. The number of hydrogen-bond donors (Lipinski definition) is 1. The highest BCUT2D eigenvalue weighted by Crippen LogP contribution is 2.60. The maximum atomic E-state index is 3.59. The molecule has 0 amide bonds. The molecule has 2 fully saturated rings. The lowest BCUT2D eigenvalue weighted by Gasteiger charge is -2.18. The van der Waals surface area contributed by atoms with Gasteiger partial charge in [-0.2, -0.15) is 0 Å². The van der Waals surface area contributed by atoms with Gasteiger partial charge in [0.05, 0.1) is 0 Å². The van der Waals surface area contributed by atoms with Gasteiger partial charge in [0.2, 0.25) is 0 Å². The highest BCUT2D eigenvalue weighted by molar-refractivity contribution is 5.28. The third-order valence-corrected chi connectivity index (χ3v) is 5.14. The first-order valence-corrected chi connectivity index (χ1v) is 7.61. The second-order valence-electron chi connectivity index (χ2n) is 6.05. The van der Waals surface area contributed by atoms with Gasteiger partial charge in [0, 0.05) is 6.04 Å². The Morgan fingerprint density at radius 2 is 1.94 bits per heavy atom. The molecule has 1 N–H and O–H groups in total.